The van der Waals surface area contributed by atoms with Crippen LogP contribution in [0.5, 0.6) is 0 Å². The van der Waals surface area contributed by atoms with Crippen LogP contribution in [0.3, 0.4) is 0 Å². The minimum atomic E-state index is -3.00. The summed E-state index contributed by atoms with van der Waals surface area (Å²) in [5, 5.41) is 4.51. The molecule has 6 rings (SSSR count). The summed E-state index contributed by atoms with van der Waals surface area (Å²) >= 11 is 8.37. The zero-order chi connectivity index (χ0) is 23.9. The van der Waals surface area contributed by atoms with Crippen molar-refractivity contribution in [2.24, 2.45) is 0 Å². The molecule has 35 heavy (non-hydrogen) atoms. The second-order valence-electron chi connectivity index (χ2n) is 9.42. The number of hydrogen-bond donors (Lipinski definition) is 0. The molecule has 0 saturated heterocycles. The van der Waals surface area contributed by atoms with Gasteiger partial charge in [0.05, 0.1) is 5.04 Å². The van der Waals surface area contributed by atoms with Crippen molar-refractivity contribution in [3.8, 4) is 0 Å². The van der Waals surface area contributed by atoms with Crippen LogP contribution in [-0.2, 0) is 5.04 Å². The molecule has 0 spiro atoms. The van der Waals surface area contributed by atoms with Crippen molar-refractivity contribution in [1.29, 1.82) is 0 Å². The van der Waals surface area contributed by atoms with Gasteiger partial charge < -0.3 is 0 Å². The molecule has 0 aliphatic heterocycles. The van der Waals surface area contributed by atoms with Crippen LogP contribution in [0.4, 0.5) is 0 Å². The third kappa shape index (κ3) is 3.19. The molecular weight excluding hydrogens is 460 g/mol. The van der Waals surface area contributed by atoms with E-state index in [1.807, 2.05) is 0 Å². The van der Waals surface area contributed by atoms with Crippen molar-refractivity contribution in [2.45, 2.75) is 18.4 Å². The summed E-state index contributed by atoms with van der Waals surface area (Å²) in [7, 11) is -3.00. The Bertz CT molecular complexity index is 1480. The zero-order valence-electron chi connectivity index (χ0n) is 19.8. The van der Waals surface area contributed by atoms with E-state index < -0.39 is 12.4 Å². The van der Waals surface area contributed by atoms with Crippen LogP contribution in [0.1, 0.15) is 18.9 Å². The molecule has 2 heteroatoms. The van der Waals surface area contributed by atoms with Gasteiger partial charge in [0.25, 0.3) is 0 Å². The fourth-order valence-electron chi connectivity index (χ4n) is 6.21. The molecule has 0 radical (unpaired) electrons. The lowest BCUT2D eigenvalue weighted by atomic mass is 9.83. The molecule has 0 heterocycles. The molecule has 0 nitrogen and oxygen atoms in total. The van der Waals surface area contributed by atoms with Crippen molar-refractivity contribution >= 4 is 39.6 Å². The SMILES string of the molecule is CC1=CC2=C(C=CC=CC2)C1(c1cccc2ccccc12)[Si](Cl)(c1ccccc1)c1ccccc1. The van der Waals surface area contributed by atoms with Gasteiger partial charge in [-0.25, -0.2) is 0 Å². The van der Waals surface area contributed by atoms with E-state index in [9.17, 15) is 0 Å². The Balaban J connectivity index is 1.82. The predicted molar refractivity (Wildman–Crippen MR) is 153 cm³/mol. The molecule has 0 amide bonds. The molecule has 0 bridgehead atoms. The number of fused-ring (bicyclic) bond motifs is 1. The fraction of sp³-hybridized carbons (Fsp3) is 0.0909. The van der Waals surface area contributed by atoms with Crippen LogP contribution in [0.15, 0.2) is 150 Å². The number of hydrogen-bond acceptors (Lipinski definition) is 0. The third-order valence-corrected chi connectivity index (χ3v) is 14.0. The maximum Gasteiger partial charge on any atom is 0.236 e. The monoisotopic (exact) mass is 486 g/mol. The molecule has 0 aromatic heterocycles. The number of halogens is 1. The van der Waals surface area contributed by atoms with Gasteiger partial charge in [0, 0.05) is 0 Å². The smallest absolute Gasteiger partial charge is 0.153 e. The summed E-state index contributed by atoms with van der Waals surface area (Å²) < 4.78 is 0. The molecule has 170 valence electrons. The van der Waals surface area contributed by atoms with Crippen molar-refractivity contribution in [2.75, 3.05) is 0 Å². The summed E-state index contributed by atoms with van der Waals surface area (Å²) in [6.45, 7) is 2.30. The first kappa shape index (κ1) is 22.1. The number of allylic oxidation sites excluding steroid dienone is 8. The Hall–Kier alpha value is -3.39. The van der Waals surface area contributed by atoms with Gasteiger partial charge in [-0.2, -0.15) is 11.1 Å². The highest BCUT2D eigenvalue weighted by molar-refractivity contribution is 7.36. The van der Waals surface area contributed by atoms with Gasteiger partial charge in [0.2, 0.25) is 7.38 Å². The lowest BCUT2D eigenvalue weighted by Crippen LogP contribution is -2.68. The van der Waals surface area contributed by atoms with E-state index in [-0.39, 0.29) is 0 Å². The molecule has 1 atom stereocenters. The third-order valence-electron chi connectivity index (χ3n) is 7.63. The first-order valence-corrected chi connectivity index (χ1v) is 15.2. The van der Waals surface area contributed by atoms with Gasteiger partial charge in [-0.15, -0.1) is 0 Å². The van der Waals surface area contributed by atoms with E-state index in [1.54, 1.807) is 0 Å². The Morgan fingerprint density at radius 1 is 0.714 bits per heavy atom. The molecule has 4 aromatic carbocycles. The highest BCUT2D eigenvalue weighted by Gasteiger charge is 2.61. The van der Waals surface area contributed by atoms with Crippen LogP contribution in [0.2, 0.25) is 0 Å². The largest absolute Gasteiger partial charge is 0.236 e. The number of benzene rings is 4. The maximum absolute atomic E-state index is 8.37. The van der Waals surface area contributed by atoms with Crippen molar-refractivity contribution in [3.63, 3.8) is 0 Å². The summed E-state index contributed by atoms with van der Waals surface area (Å²) in [5.41, 5.74) is 5.33. The highest BCUT2D eigenvalue weighted by atomic mass is 35.6. The van der Waals surface area contributed by atoms with Crippen LogP contribution in [0.25, 0.3) is 10.8 Å². The summed E-state index contributed by atoms with van der Waals surface area (Å²) in [6.07, 6.45) is 12.3. The van der Waals surface area contributed by atoms with E-state index >= 15 is 0 Å². The maximum atomic E-state index is 8.37. The molecule has 1 unspecified atom stereocenters. The van der Waals surface area contributed by atoms with Crippen molar-refractivity contribution in [3.05, 3.63) is 156 Å². The Kier molecular flexibility index (Phi) is 5.48. The van der Waals surface area contributed by atoms with Crippen LogP contribution < -0.4 is 10.4 Å². The van der Waals surface area contributed by atoms with Gasteiger partial charge in [-0.3, -0.25) is 0 Å². The second kappa shape index (κ2) is 8.68. The van der Waals surface area contributed by atoms with E-state index in [2.05, 4.69) is 140 Å². The average Bonchev–Trinajstić information content (AvgIpc) is 3.04. The topological polar surface area (TPSA) is 0 Å². The zero-order valence-corrected chi connectivity index (χ0v) is 21.5. The van der Waals surface area contributed by atoms with Crippen LogP contribution in [0, 0.1) is 0 Å². The Morgan fingerprint density at radius 2 is 1.34 bits per heavy atom. The minimum Gasteiger partial charge on any atom is -0.153 e. The van der Waals surface area contributed by atoms with E-state index in [1.165, 1.54) is 43.4 Å². The molecule has 0 fully saturated rings. The Morgan fingerprint density at radius 3 is 2.06 bits per heavy atom. The van der Waals surface area contributed by atoms with Gasteiger partial charge in [0.1, 0.15) is 0 Å². The molecule has 4 aromatic rings. The predicted octanol–water partition coefficient (Wildman–Crippen LogP) is 7.39. The normalized spacial score (nSPS) is 19.5. The quantitative estimate of drug-likeness (QED) is 0.208. The lowest BCUT2D eigenvalue weighted by Gasteiger charge is -2.47. The summed E-state index contributed by atoms with van der Waals surface area (Å²) in [5.74, 6) is 0. The first-order valence-electron chi connectivity index (χ1n) is 12.2. The van der Waals surface area contributed by atoms with Gasteiger partial charge in [-0.1, -0.05) is 139 Å². The minimum absolute atomic E-state index is 0.462. The van der Waals surface area contributed by atoms with Crippen molar-refractivity contribution in [1.82, 2.24) is 0 Å². The van der Waals surface area contributed by atoms with Crippen molar-refractivity contribution < 1.29 is 0 Å². The molecule has 0 N–H and O–H groups in total. The van der Waals surface area contributed by atoms with Crippen LogP contribution in [-0.4, -0.2) is 7.38 Å². The fourth-order valence-corrected chi connectivity index (χ4v) is 12.4. The average molecular weight is 487 g/mol. The second-order valence-corrected chi connectivity index (χ2v) is 14.3. The van der Waals surface area contributed by atoms with Gasteiger partial charge in [-0.05, 0) is 51.2 Å². The van der Waals surface area contributed by atoms with Crippen LogP contribution >= 0.6 is 11.1 Å². The van der Waals surface area contributed by atoms with E-state index in [4.69, 9.17) is 11.1 Å². The van der Waals surface area contributed by atoms with E-state index in [0.29, 0.717) is 0 Å². The standard InChI is InChI=1S/C33H27ClSi/c1-25-24-27-15-5-2-10-22-31(27)33(25,32-23-13-16-26-14-11-12-21-30(26)32)35(34,28-17-6-3-7-18-28)29-19-8-4-9-20-29/h2-14,16-24H,15H2,1H3. The van der Waals surface area contributed by atoms with Gasteiger partial charge in [0.15, 0.2) is 0 Å². The summed E-state index contributed by atoms with van der Waals surface area (Å²) in [4.78, 5) is 0. The Labute approximate surface area is 213 Å². The molecule has 2 aliphatic carbocycles. The van der Waals surface area contributed by atoms with Gasteiger partial charge >= 0.3 is 0 Å². The first-order chi connectivity index (χ1) is 17.2. The lowest BCUT2D eigenvalue weighted by molar-refractivity contribution is 0.851. The highest BCUT2D eigenvalue weighted by Crippen LogP contribution is 2.55. The molecule has 2 aliphatic rings. The molecule has 0 saturated carbocycles. The molecular formula is C33H27ClSi. The number of rotatable bonds is 4. The summed E-state index contributed by atoms with van der Waals surface area (Å²) in [6, 6.07) is 37.1. The van der Waals surface area contributed by atoms with E-state index in [0.717, 1.165) is 6.42 Å².